The number of thiocyanates is 1. The molecule has 0 aromatic heterocycles. The quantitative estimate of drug-likeness (QED) is 0.532. The summed E-state index contributed by atoms with van der Waals surface area (Å²) in [6.45, 7) is 4.40. The molecular formula is C14H19NS2. The second-order valence-electron chi connectivity index (χ2n) is 4.20. The molecule has 3 heteroatoms. The van der Waals surface area contributed by atoms with Crippen molar-refractivity contribution in [3.63, 3.8) is 0 Å². The van der Waals surface area contributed by atoms with E-state index in [4.69, 9.17) is 5.26 Å². The van der Waals surface area contributed by atoms with Crippen molar-refractivity contribution >= 4 is 23.5 Å². The topological polar surface area (TPSA) is 23.8 Å². The number of nitriles is 1. The predicted molar refractivity (Wildman–Crippen MR) is 78.4 cm³/mol. The molecule has 1 atom stereocenters. The Morgan fingerprint density at radius 3 is 2.59 bits per heavy atom. The maximum absolute atomic E-state index is 8.51. The van der Waals surface area contributed by atoms with Crippen molar-refractivity contribution in [1.82, 2.24) is 0 Å². The van der Waals surface area contributed by atoms with Crippen LogP contribution in [-0.2, 0) is 6.42 Å². The third-order valence-corrected chi connectivity index (χ3v) is 4.50. The summed E-state index contributed by atoms with van der Waals surface area (Å²) in [4.78, 5) is 1.36. The van der Waals surface area contributed by atoms with Crippen LogP contribution in [0.1, 0.15) is 25.8 Å². The minimum absolute atomic E-state index is 0.564. The Kier molecular flexibility index (Phi) is 7.23. The van der Waals surface area contributed by atoms with E-state index >= 15 is 0 Å². The molecule has 1 rings (SSSR count). The van der Waals surface area contributed by atoms with E-state index in [1.807, 2.05) is 11.8 Å². The monoisotopic (exact) mass is 265 g/mol. The minimum atomic E-state index is 0.564. The SMILES string of the molecule is CCCSc1ccc(CC(C)CSC#N)cc1. The zero-order chi connectivity index (χ0) is 12.5. The van der Waals surface area contributed by atoms with Crippen LogP contribution in [0.15, 0.2) is 29.2 Å². The van der Waals surface area contributed by atoms with Crippen LogP contribution in [0.25, 0.3) is 0 Å². The van der Waals surface area contributed by atoms with E-state index in [0.717, 1.165) is 12.2 Å². The number of rotatable bonds is 7. The standard InChI is InChI=1S/C14H19NS2/c1-3-8-17-14-6-4-13(5-7-14)9-12(2)10-16-11-15/h4-7,12H,3,8-10H2,1-2H3. The lowest BCUT2D eigenvalue weighted by molar-refractivity contribution is 0.659. The first-order valence-corrected chi connectivity index (χ1v) is 7.96. The van der Waals surface area contributed by atoms with Crippen LogP contribution in [0.3, 0.4) is 0 Å². The predicted octanol–water partition coefficient (Wildman–Crippen LogP) is 4.58. The summed E-state index contributed by atoms with van der Waals surface area (Å²) >= 11 is 3.27. The number of hydrogen-bond donors (Lipinski definition) is 0. The Morgan fingerprint density at radius 1 is 1.29 bits per heavy atom. The zero-order valence-electron chi connectivity index (χ0n) is 10.5. The van der Waals surface area contributed by atoms with Crippen molar-refractivity contribution in [3.05, 3.63) is 29.8 Å². The lowest BCUT2D eigenvalue weighted by atomic mass is 10.0. The highest BCUT2D eigenvalue weighted by atomic mass is 32.2. The molecular weight excluding hydrogens is 246 g/mol. The van der Waals surface area contributed by atoms with Crippen molar-refractivity contribution in [2.45, 2.75) is 31.6 Å². The molecule has 0 aliphatic carbocycles. The fraction of sp³-hybridized carbons (Fsp3) is 0.500. The molecule has 1 aromatic carbocycles. The van der Waals surface area contributed by atoms with Gasteiger partial charge in [0.15, 0.2) is 0 Å². The average molecular weight is 265 g/mol. The van der Waals surface area contributed by atoms with Crippen molar-refractivity contribution in [2.24, 2.45) is 5.92 Å². The van der Waals surface area contributed by atoms with Gasteiger partial charge in [0.1, 0.15) is 5.40 Å². The third kappa shape index (κ3) is 6.05. The molecule has 92 valence electrons. The highest BCUT2D eigenvalue weighted by Gasteiger charge is 2.04. The lowest BCUT2D eigenvalue weighted by Gasteiger charge is -2.09. The molecule has 0 aliphatic heterocycles. The molecule has 1 nitrogen and oxygen atoms in total. The normalized spacial score (nSPS) is 12.1. The van der Waals surface area contributed by atoms with Gasteiger partial charge in [-0.2, -0.15) is 5.26 Å². The molecule has 0 fully saturated rings. The molecule has 0 saturated heterocycles. The highest BCUT2D eigenvalue weighted by Crippen LogP contribution is 2.20. The smallest absolute Gasteiger partial charge is 0.133 e. The Bertz CT molecular complexity index is 353. The summed E-state index contributed by atoms with van der Waals surface area (Å²) < 4.78 is 0. The number of nitrogens with zero attached hydrogens (tertiary/aromatic N) is 1. The molecule has 17 heavy (non-hydrogen) atoms. The summed E-state index contributed by atoms with van der Waals surface area (Å²) in [5, 5.41) is 10.6. The molecule has 0 radical (unpaired) electrons. The third-order valence-electron chi connectivity index (χ3n) is 2.41. The molecule has 0 heterocycles. The lowest BCUT2D eigenvalue weighted by Crippen LogP contribution is -2.02. The molecule has 1 unspecified atom stereocenters. The molecule has 0 bridgehead atoms. The second kappa shape index (κ2) is 8.49. The van der Waals surface area contributed by atoms with E-state index in [9.17, 15) is 0 Å². The Balaban J connectivity index is 2.42. The number of thioether (sulfide) groups is 2. The van der Waals surface area contributed by atoms with Crippen LogP contribution in [0.4, 0.5) is 0 Å². The first kappa shape index (κ1) is 14.5. The fourth-order valence-corrected chi connectivity index (χ4v) is 2.83. The zero-order valence-corrected chi connectivity index (χ0v) is 12.1. The summed E-state index contributed by atoms with van der Waals surface area (Å²) in [7, 11) is 0. The van der Waals surface area contributed by atoms with Gasteiger partial charge >= 0.3 is 0 Å². The minimum Gasteiger partial charge on any atom is -0.185 e. The van der Waals surface area contributed by atoms with E-state index in [2.05, 4.69) is 43.5 Å². The molecule has 0 spiro atoms. The van der Waals surface area contributed by atoms with Gasteiger partial charge in [-0.15, -0.1) is 11.8 Å². The molecule has 0 N–H and O–H groups in total. The van der Waals surface area contributed by atoms with Crippen LogP contribution in [0.5, 0.6) is 0 Å². The first-order chi connectivity index (χ1) is 8.26. The number of hydrogen-bond acceptors (Lipinski definition) is 3. The van der Waals surface area contributed by atoms with Crippen molar-refractivity contribution in [2.75, 3.05) is 11.5 Å². The summed E-state index contributed by atoms with van der Waals surface area (Å²) in [6, 6.07) is 8.84. The van der Waals surface area contributed by atoms with E-state index in [-0.39, 0.29) is 0 Å². The van der Waals surface area contributed by atoms with E-state index in [0.29, 0.717) is 5.92 Å². The van der Waals surface area contributed by atoms with Crippen LogP contribution in [0, 0.1) is 16.6 Å². The molecule has 1 aromatic rings. The molecule has 0 amide bonds. The van der Waals surface area contributed by atoms with Gasteiger partial charge in [-0.05, 0) is 54.0 Å². The van der Waals surface area contributed by atoms with Crippen LogP contribution < -0.4 is 0 Å². The van der Waals surface area contributed by atoms with Crippen LogP contribution in [-0.4, -0.2) is 11.5 Å². The molecule has 0 saturated carbocycles. The summed E-state index contributed by atoms with van der Waals surface area (Å²) in [5.74, 6) is 2.67. The van der Waals surface area contributed by atoms with Gasteiger partial charge in [0.05, 0.1) is 0 Å². The maximum atomic E-state index is 8.51. The number of benzene rings is 1. The van der Waals surface area contributed by atoms with E-state index in [1.165, 1.54) is 34.4 Å². The van der Waals surface area contributed by atoms with Gasteiger partial charge in [0, 0.05) is 10.6 Å². The van der Waals surface area contributed by atoms with Crippen molar-refractivity contribution < 1.29 is 0 Å². The summed E-state index contributed by atoms with van der Waals surface area (Å²) in [5.41, 5.74) is 1.37. The highest BCUT2D eigenvalue weighted by molar-refractivity contribution is 8.03. The Labute approximate surface area is 113 Å². The summed E-state index contributed by atoms with van der Waals surface area (Å²) in [6.07, 6.45) is 2.28. The van der Waals surface area contributed by atoms with Crippen LogP contribution >= 0.6 is 23.5 Å². The first-order valence-electron chi connectivity index (χ1n) is 5.99. The van der Waals surface area contributed by atoms with Gasteiger partial charge in [-0.3, -0.25) is 0 Å². The Morgan fingerprint density at radius 2 is 2.00 bits per heavy atom. The van der Waals surface area contributed by atoms with Crippen molar-refractivity contribution in [3.8, 4) is 5.40 Å². The largest absolute Gasteiger partial charge is 0.185 e. The Hall–Kier alpha value is -0.590. The molecule has 0 aliphatic rings. The second-order valence-corrected chi connectivity index (χ2v) is 6.18. The fourth-order valence-electron chi connectivity index (χ4n) is 1.58. The van der Waals surface area contributed by atoms with Gasteiger partial charge in [-0.25, -0.2) is 0 Å². The van der Waals surface area contributed by atoms with Gasteiger partial charge in [0.25, 0.3) is 0 Å². The average Bonchev–Trinajstić information content (AvgIpc) is 2.35. The van der Waals surface area contributed by atoms with E-state index in [1.54, 1.807) is 0 Å². The van der Waals surface area contributed by atoms with Crippen LogP contribution in [0.2, 0.25) is 0 Å². The van der Waals surface area contributed by atoms with Crippen molar-refractivity contribution in [1.29, 1.82) is 5.26 Å². The maximum Gasteiger partial charge on any atom is 0.133 e. The van der Waals surface area contributed by atoms with E-state index < -0.39 is 0 Å². The van der Waals surface area contributed by atoms with Gasteiger partial charge in [-0.1, -0.05) is 26.0 Å². The van der Waals surface area contributed by atoms with Gasteiger partial charge in [0.2, 0.25) is 0 Å². The van der Waals surface area contributed by atoms with Gasteiger partial charge < -0.3 is 0 Å².